The Morgan fingerprint density at radius 1 is 0.688 bits per heavy atom. The highest BCUT2D eigenvalue weighted by Crippen LogP contribution is 2.22. The fraction of sp³-hybridized carbons (Fsp3) is 0.405. The summed E-state index contributed by atoms with van der Waals surface area (Å²) < 4.78 is 10.8. The summed E-state index contributed by atoms with van der Waals surface area (Å²) in [6.45, 7) is 8.54. The molecule has 3 aromatic carbocycles. The van der Waals surface area contributed by atoms with E-state index in [0.29, 0.717) is 0 Å². The lowest BCUT2D eigenvalue weighted by Crippen LogP contribution is -2.59. The maximum Gasteiger partial charge on any atom is 0.408 e. The van der Waals surface area contributed by atoms with Gasteiger partial charge in [-0.25, -0.2) is 9.59 Å². The van der Waals surface area contributed by atoms with Crippen LogP contribution in [0.4, 0.5) is 9.59 Å². The molecule has 0 saturated heterocycles. The molecule has 0 fully saturated rings. The van der Waals surface area contributed by atoms with Crippen molar-refractivity contribution < 1.29 is 38.9 Å². The Morgan fingerprint density at radius 2 is 1.17 bits per heavy atom. The van der Waals surface area contributed by atoms with Crippen molar-refractivity contribution in [1.29, 1.82) is 0 Å². The first-order valence-corrected chi connectivity index (χ1v) is 16.0. The van der Waals surface area contributed by atoms with Gasteiger partial charge in [-0.05, 0) is 56.2 Å². The molecular formula is C37H47N3O8. The van der Waals surface area contributed by atoms with E-state index in [1.54, 1.807) is 95.3 Å². The largest absolute Gasteiger partial charge is 0.481 e. The number of carboxylic acid groups (broad SMARTS) is 1. The molecule has 0 spiro atoms. The van der Waals surface area contributed by atoms with E-state index in [1.165, 1.54) is 0 Å². The Kier molecular flexibility index (Phi) is 14.0. The predicted octanol–water partition coefficient (Wildman–Crippen LogP) is 4.86. The van der Waals surface area contributed by atoms with Crippen molar-refractivity contribution in [3.63, 3.8) is 0 Å². The van der Waals surface area contributed by atoms with Crippen molar-refractivity contribution in [2.24, 2.45) is 11.8 Å². The zero-order chi connectivity index (χ0) is 35.3. The summed E-state index contributed by atoms with van der Waals surface area (Å²) in [6.07, 6.45) is -3.22. The van der Waals surface area contributed by atoms with Gasteiger partial charge in [0, 0.05) is 0 Å². The number of aliphatic hydroxyl groups is 1. The molecule has 0 aliphatic heterocycles. The zero-order valence-electron chi connectivity index (χ0n) is 28.1. The van der Waals surface area contributed by atoms with Gasteiger partial charge in [-0.3, -0.25) is 9.59 Å². The van der Waals surface area contributed by atoms with Gasteiger partial charge in [0.2, 0.25) is 5.91 Å². The van der Waals surface area contributed by atoms with Crippen LogP contribution >= 0.6 is 0 Å². The quantitative estimate of drug-likeness (QED) is 0.154. The van der Waals surface area contributed by atoms with E-state index in [9.17, 15) is 29.4 Å². The van der Waals surface area contributed by atoms with E-state index < -0.39 is 65.7 Å². The number of nitrogens with one attached hydrogen (secondary N) is 3. The standard InChI is InChI=1S/C37H47N3O8/c1-24(2)31(40-35(45)47-23-27-19-13-8-14-20-27)33(42)38-29(22-26-17-11-7-12-18-26)32(41)30(34(43)44)28(21-25-15-9-6-10-16-25)39-36(46)48-37(3,4)5/h6-20,24,28-32,41H,21-23H2,1-5H3,(H,38,42)(H,39,46)(H,40,45)(H,43,44)/t28-,29-,30+,31-,32+/m0/s1. The van der Waals surface area contributed by atoms with Crippen molar-refractivity contribution in [3.05, 3.63) is 108 Å². The average molecular weight is 662 g/mol. The first-order chi connectivity index (χ1) is 22.7. The SMILES string of the molecule is CC(C)[C@H](NC(=O)OCc1ccccc1)C(=O)N[C@@H](Cc1ccccc1)[C@@H](O)[C@H](C(=O)O)[C@H](Cc1ccccc1)NC(=O)OC(C)(C)C. The van der Waals surface area contributed by atoms with Crippen LogP contribution in [0.15, 0.2) is 91.0 Å². The Morgan fingerprint density at radius 3 is 1.62 bits per heavy atom. The monoisotopic (exact) mass is 661 g/mol. The van der Waals surface area contributed by atoms with Crippen LogP contribution in [-0.2, 0) is 38.5 Å². The topological polar surface area (TPSA) is 163 Å². The van der Waals surface area contributed by atoms with Crippen molar-refractivity contribution >= 4 is 24.1 Å². The molecule has 0 radical (unpaired) electrons. The summed E-state index contributed by atoms with van der Waals surface area (Å²) in [6, 6.07) is 23.7. The van der Waals surface area contributed by atoms with Crippen LogP contribution in [0.3, 0.4) is 0 Å². The molecule has 11 heteroatoms. The molecule has 3 rings (SSSR count). The number of amides is 3. The van der Waals surface area contributed by atoms with E-state index in [1.807, 2.05) is 30.3 Å². The molecule has 0 saturated carbocycles. The number of alkyl carbamates (subject to hydrolysis) is 2. The van der Waals surface area contributed by atoms with Crippen LogP contribution < -0.4 is 16.0 Å². The number of carboxylic acids is 1. The number of benzene rings is 3. The molecule has 11 nitrogen and oxygen atoms in total. The summed E-state index contributed by atoms with van der Waals surface area (Å²) in [5, 5.41) is 30.4. The molecule has 3 amide bonds. The normalized spacial score (nSPS) is 14.5. The minimum absolute atomic E-state index is 0.00218. The lowest BCUT2D eigenvalue weighted by molar-refractivity contribution is -0.149. The highest BCUT2D eigenvalue weighted by Gasteiger charge is 2.41. The third kappa shape index (κ3) is 12.4. The van der Waals surface area contributed by atoms with E-state index in [-0.39, 0.29) is 19.4 Å². The highest BCUT2D eigenvalue weighted by molar-refractivity contribution is 5.86. The number of ether oxygens (including phenoxy) is 2. The van der Waals surface area contributed by atoms with Crippen LogP contribution in [0.2, 0.25) is 0 Å². The van der Waals surface area contributed by atoms with E-state index in [0.717, 1.165) is 16.7 Å². The van der Waals surface area contributed by atoms with Gasteiger partial charge in [0.25, 0.3) is 0 Å². The molecule has 0 aliphatic rings. The van der Waals surface area contributed by atoms with Gasteiger partial charge < -0.3 is 35.6 Å². The van der Waals surface area contributed by atoms with E-state index in [2.05, 4.69) is 16.0 Å². The van der Waals surface area contributed by atoms with Gasteiger partial charge in [0.15, 0.2) is 0 Å². The van der Waals surface area contributed by atoms with Crippen molar-refractivity contribution in [3.8, 4) is 0 Å². The third-order valence-corrected chi connectivity index (χ3v) is 7.56. The first kappa shape index (κ1) is 37.6. The zero-order valence-corrected chi connectivity index (χ0v) is 28.1. The molecule has 5 N–H and O–H groups in total. The van der Waals surface area contributed by atoms with Crippen LogP contribution in [0.5, 0.6) is 0 Å². The minimum atomic E-state index is -1.69. The maximum atomic E-state index is 13.8. The van der Waals surface area contributed by atoms with Crippen molar-refractivity contribution in [1.82, 2.24) is 16.0 Å². The summed E-state index contributed by atoms with van der Waals surface area (Å²) >= 11 is 0. The van der Waals surface area contributed by atoms with Crippen LogP contribution in [-0.4, -0.2) is 64.1 Å². The lowest BCUT2D eigenvalue weighted by Gasteiger charge is -2.35. The Bertz CT molecular complexity index is 1460. The van der Waals surface area contributed by atoms with Gasteiger partial charge in [-0.1, -0.05) is 105 Å². The predicted molar refractivity (Wildman–Crippen MR) is 181 cm³/mol. The fourth-order valence-corrected chi connectivity index (χ4v) is 5.23. The molecule has 5 atom stereocenters. The Hall–Kier alpha value is -4.90. The number of hydrogen-bond acceptors (Lipinski definition) is 7. The highest BCUT2D eigenvalue weighted by atomic mass is 16.6. The third-order valence-electron chi connectivity index (χ3n) is 7.56. The smallest absolute Gasteiger partial charge is 0.408 e. The number of carbonyl (C=O) groups excluding carboxylic acids is 3. The van der Waals surface area contributed by atoms with E-state index in [4.69, 9.17) is 9.47 Å². The van der Waals surface area contributed by atoms with Crippen LogP contribution in [0, 0.1) is 11.8 Å². The van der Waals surface area contributed by atoms with Gasteiger partial charge in [-0.2, -0.15) is 0 Å². The Balaban J connectivity index is 1.90. The summed E-state index contributed by atoms with van der Waals surface area (Å²) in [4.78, 5) is 52.3. The molecular weight excluding hydrogens is 614 g/mol. The fourth-order valence-electron chi connectivity index (χ4n) is 5.23. The number of carbonyl (C=O) groups is 4. The van der Waals surface area contributed by atoms with Crippen molar-refractivity contribution in [2.45, 2.75) is 83.9 Å². The van der Waals surface area contributed by atoms with Gasteiger partial charge in [0.1, 0.15) is 24.2 Å². The molecule has 0 unspecified atom stereocenters. The van der Waals surface area contributed by atoms with Gasteiger partial charge >= 0.3 is 18.2 Å². The minimum Gasteiger partial charge on any atom is -0.481 e. The average Bonchev–Trinajstić information content (AvgIpc) is 3.02. The number of hydrogen-bond donors (Lipinski definition) is 5. The van der Waals surface area contributed by atoms with Gasteiger partial charge in [-0.15, -0.1) is 0 Å². The molecule has 258 valence electrons. The summed E-state index contributed by atoms with van der Waals surface area (Å²) in [5.74, 6) is -3.98. The molecule has 0 heterocycles. The second-order valence-electron chi connectivity index (χ2n) is 13.0. The van der Waals surface area contributed by atoms with E-state index >= 15 is 0 Å². The lowest BCUT2D eigenvalue weighted by atomic mass is 9.83. The number of rotatable bonds is 15. The number of aliphatic hydroxyl groups excluding tert-OH is 1. The molecule has 0 aromatic heterocycles. The number of aliphatic carboxylic acids is 1. The van der Waals surface area contributed by atoms with Crippen molar-refractivity contribution in [2.75, 3.05) is 0 Å². The second kappa shape index (κ2) is 17.9. The van der Waals surface area contributed by atoms with Crippen LogP contribution in [0.25, 0.3) is 0 Å². The first-order valence-electron chi connectivity index (χ1n) is 16.0. The summed E-state index contributed by atoms with van der Waals surface area (Å²) in [5.41, 5.74) is 1.36. The molecule has 3 aromatic rings. The summed E-state index contributed by atoms with van der Waals surface area (Å²) in [7, 11) is 0. The molecule has 0 bridgehead atoms. The van der Waals surface area contributed by atoms with Crippen LogP contribution in [0.1, 0.15) is 51.3 Å². The Labute approximate surface area is 282 Å². The maximum absolute atomic E-state index is 13.8. The van der Waals surface area contributed by atoms with Gasteiger partial charge in [0.05, 0.1) is 18.2 Å². The molecule has 48 heavy (non-hydrogen) atoms. The second-order valence-corrected chi connectivity index (χ2v) is 13.0. The molecule has 0 aliphatic carbocycles.